The molecule has 0 unspecified atom stereocenters. The van der Waals surface area contributed by atoms with Gasteiger partial charge in [0, 0.05) is 12.0 Å². The number of benzene rings is 1. The number of halogens is 1. The lowest BCUT2D eigenvalue weighted by Gasteiger charge is -2.09. The normalized spacial score (nSPS) is 13.2. The number of carbonyl (C=O) groups excluding carboxylic acids is 1. The highest BCUT2D eigenvalue weighted by molar-refractivity contribution is 9.10. The summed E-state index contributed by atoms with van der Waals surface area (Å²) in [7, 11) is 1.33. The molecular weight excluding hydrogens is 262 g/mol. The van der Waals surface area contributed by atoms with Gasteiger partial charge in [0.05, 0.1) is 29.4 Å². The molecule has 0 amide bonds. The number of esters is 1. The Balaban J connectivity index is 2.59. The molecule has 80 valence electrons. The molecule has 15 heavy (non-hydrogen) atoms. The second-order valence-electron chi connectivity index (χ2n) is 3.22. The van der Waals surface area contributed by atoms with Crippen LogP contribution in [-0.4, -0.2) is 19.7 Å². The molecule has 0 spiro atoms. The number of hydrogen-bond donors (Lipinski definition) is 1. The van der Waals surface area contributed by atoms with Crippen molar-refractivity contribution < 1.29 is 14.3 Å². The third-order valence-corrected chi connectivity index (χ3v) is 2.97. The van der Waals surface area contributed by atoms with Crippen molar-refractivity contribution in [3.63, 3.8) is 0 Å². The number of nitrogen functional groups attached to an aromatic ring is 1. The van der Waals surface area contributed by atoms with Crippen molar-refractivity contribution in [1.82, 2.24) is 0 Å². The molecule has 0 fully saturated rings. The van der Waals surface area contributed by atoms with Crippen LogP contribution in [0.3, 0.4) is 0 Å². The van der Waals surface area contributed by atoms with Crippen LogP contribution in [-0.2, 0) is 11.2 Å². The van der Waals surface area contributed by atoms with Gasteiger partial charge in [-0.1, -0.05) is 0 Å². The van der Waals surface area contributed by atoms with Gasteiger partial charge in [-0.15, -0.1) is 0 Å². The SMILES string of the molecule is COC(=O)c1cc(Br)c2c(c1N)CCO2. The zero-order valence-corrected chi connectivity index (χ0v) is 9.76. The lowest BCUT2D eigenvalue weighted by atomic mass is 10.1. The topological polar surface area (TPSA) is 61.5 Å². The van der Waals surface area contributed by atoms with E-state index >= 15 is 0 Å². The fourth-order valence-corrected chi connectivity index (χ4v) is 2.22. The molecule has 5 heteroatoms. The molecule has 1 aliphatic rings. The van der Waals surface area contributed by atoms with E-state index in [1.165, 1.54) is 7.11 Å². The number of rotatable bonds is 1. The molecule has 0 bridgehead atoms. The summed E-state index contributed by atoms with van der Waals surface area (Å²) in [6.07, 6.45) is 0.727. The molecule has 1 aromatic rings. The summed E-state index contributed by atoms with van der Waals surface area (Å²) < 4.78 is 10.8. The summed E-state index contributed by atoms with van der Waals surface area (Å²) in [5.41, 5.74) is 7.60. The Kier molecular flexibility index (Phi) is 2.56. The van der Waals surface area contributed by atoms with Crippen molar-refractivity contribution in [1.29, 1.82) is 0 Å². The molecule has 0 aliphatic carbocycles. The molecule has 0 saturated heterocycles. The molecule has 0 radical (unpaired) electrons. The molecule has 4 nitrogen and oxygen atoms in total. The average Bonchev–Trinajstić information content (AvgIpc) is 2.71. The van der Waals surface area contributed by atoms with Crippen LogP contribution in [0.5, 0.6) is 5.75 Å². The smallest absolute Gasteiger partial charge is 0.340 e. The van der Waals surface area contributed by atoms with Gasteiger partial charge in [0.15, 0.2) is 0 Å². The predicted octanol–water partition coefficient (Wildman–Crippen LogP) is 1.75. The zero-order valence-electron chi connectivity index (χ0n) is 8.17. The Labute approximate surface area is 95.5 Å². The fraction of sp³-hybridized carbons (Fsp3) is 0.300. The summed E-state index contributed by atoms with van der Waals surface area (Å²) in [5, 5.41) is 0. The quantitative estimate of drug-likeness (QED) is 0.625. The number of fused-ring (bicyclic) bond motifs is 1. The third-order valence-electron chi connectivity index (χ3n) is 2.38. The van der Waals surface area contributed by atoms with Crippen molar-refractivity contribution in [3.05, 3.63) is 21.7 Å². The fourth-order valence-electron chi connectivity index (χ4n) is 1.64. The lowest BCUT2D eigenvalue weighted by molar-refractivity contribution is 0.0602. The average molecular weight is 272 g/mol. The molecule has 2 rings (SSSR count). The van der Waals surface area contributed by atoms with E-state index < -0.39 is 5.97 Å². The van der Waals surface area contributed by atoms with Crippen LogP contribution in [0.1, 0.15) is 15.9 Å². The number of anilines is 1. The van der Waals surface area contributed by atoms with Gasteiger partial charge < -0.3 is 15.2 Å². The van der Waals surface area contributed by atoms with Crippen LogP contribution in [0.25, 0.3) is 0 Å². The van der Waals surface area contributed by atoms with E-state index in [-0.39, 0.29) is 0 Å². The van der Waals surface area contributed by atoms with Crippen molar-refractivity contribution in [2.24, 2.45) is 0 Å². The Morgan fingerprint density at radius 1 is 1.67 bits per heavy atom. The van der Waals surface area contributed by atoms with E-state index in [0.29, 0.717) is 17.9 Å². The molecule has 1 heterocycles. The van der Waals surface area contributed by atoms with Gasteiger partial charge in [-0.2, -0.15) is 0 Å². The van der Waals surface area contributed by atoms with Crippen molar-refractivity contribution >= 4 is 27.6 Å². The van der Waals surface area contributed by atoms with Gasteiger partial charge in [-0.3, -0.25) is 0 Å². The Morgan fingerprint density at radius 2 is 2.40 bits per heavy atom. The van der Waals surface area contributed by atoms with Gasteiger partial charge in [0.2, 0.25) is 0 Å². The Hall–Kier alpha value is -1.23. The first kappa shape index (κ1) is 10.3. The predicted molar refractivity (Wildman–Crippen MR) is 59.1 cm³/mol. The van der Waals surface area contributed by atoms with Crippen LogP contribution in [0.15, 0.2) is 10.5 Å². The molecule has 0 saturated carbocycles. The minimum atomic E-state index is -0.428. The Bertz CT molecular complexity index is 431. The summed E-state index contributed by atoms with van der Waals surface area (Å²) in [4.78, 5) is 11.4. The number of carbonyl (C=O) groups is 1. The summed E-state index contributed by atoms with van der Waals surface area (Å²) >= 11 is 3.34. The van der Waals surface area contributed by atoms with Gasteiger partial charge in [0.1, 0.15) is 5.75 Å². The first-order valence-electron chi connectivity index (χ1n) is 4.47. The first-order valence-corrected chi connectivity index (χ1v) is 5.26. The molecule has 2 N–H and O–H groups in total. The van der Waals surface area contributed by atoms with Gasteiger partial charge in [-0.05, 0) is 22.0 Å². The van der Waals surface area contributed by atoms with E-state index in [2.05, 4.69) is 20.7 Å². The van der Waals surface area contributed by atoms with Gasteiger partial charge in [0.25, 0.3) is 0 Å². The van der Waals surface area contributed by atoms with E-state index in [9.17, 15) is 4.79 Å². The molecule has 0 atom stereocenters. The van der Waals surface area contributed by atoms with Crippen molar-refractivity contribution in [3.8, 4) is 5.75 Å². The number of methoxy groups -OCH3 is 1. The minimum absolute atomic E-state index is 0.383. The molecule has 1 aliphatic heterocycles. The minimum Gasteiger partial charge on any atom is -0.492 e. The number of nitrogens with two attached hydrogens (primary N) is 1. The monoisotopic (exact) mass is 271 g/mol. The second-order valence-corrected chi connectivity index (χ2v) is 4.07. The maximum Gasteiger partial charge on any atom is 0.340 e. The van der Waals surface area contributed by atoms with Crippen molar-refractivity contribution in [2.45, 2.75) is 6.42 Å². The zero-order chi connectivity index (χ0) is 11.0. The molecule has 1 aromatic carbocycles. The Morgan fingerprint density at radius 3 is 3.07 bits per heavy atom. The van der Waals surface area contributed by atoms with E-state index in [1.54, 1.807) is 6.07 Å². The van der Waals surface area contributed by atoms with Gasteiger partial charge in [-0.25, -0.2) is 4.79 Å². The van der Waals surface area contributed by atoms with Crippen LogP contribution in [0.4, 0.5) is 5.69 Å². The number of ether oxygens (including phenoxy) is 2. The van der Waals surface area contributed by atoms with Crippen molar-refractivity contribution in [2.75, 3.05) is 19.5 Å². The highest BCUT2D eigenvalue weighted by Crippen LogP contribution is 2.39. The summed E-state index contributed by atoms with van der Waals surface area (Å²) in [6.45, 7) is 0.600. The molecule has 0 aromatic heterocycles. The third kappa shape index (κ3) is 1.56. The first-order chi connectivity index (χ1) is 7.15. The van der Waals surface area contributed by atoms with Crippen LogP contribution < -0.4 is 10.5 Å². The van der Waals surface area contributed by atoms with Crippen LogP contribution in [0.2, 0.25) is 0 Å². The largest absolute Gasteiger partial charge is 0.492 e. The second kappa shape index (κ2) is 3.73. The van der Waals surface area contributed by atoms with Gasteiger partial charge >= 0.3 is 5.97 Å². The van der Waals surface area contributed by atoms with Crippen LogP contribution >= 0.6 is 15.9 Å². The van der Waals surface area contributed by atoms with E-state index in [0.717, 1.165) is 22.2 Å². The molecular formula is C10H10BrNO3. The standard InChI is InChI=1S/C10H10BrNO3/c1-14-10(13)6-4-7(11)9-5(8(6)12)2-3-15-9/h4H,2-3,12H2,1H3. The van der Waals surface area contributed by atoms with E-state index in [4.69, 9.17) is 10.5 Å². The maximum absolute atomic E-state index is 11.4. The maximum atomic E-state index is 11.4. The highest BCUT2D eigenvalue weighted by Gasteiger charge is 2.24. The summed E-state index contributed by atoms with van der Waals surface area (Å²) in [6, 6.07) is 1.63. The van der Waals surface area contributed by atoms with E-state index in [1.807, 2.05) is 0 Å². The lowest BCUT2D eigenvalue weighted by Crippen LogP contribution is -2.07. The van der Waals surface area contributed by atoms with Crippen LogP contribution in [0, 0.1) is 0 Å². The number of hydrogen-bond acceptors (Lipinski definition) is 4. The summed E-state index contributed by atoms with van der Waals surface area (Å²) in [5.74, 6) is 0.308. The highest BCUT2D eigenvalue weighted by atomic mass is 79.9.